The number of ketones is 1. The molecule has 5 nitrogen and oxygen atoms in total. The summed E-state index contributed by atoms with van der Waals surface area (Å²) in [6.07, 6.45) is -0.167. The van der Waals surface area contributed by atoms with E-state index in [4.69, 9.17) is 9.47 Å². The summed E-state index contributed by atoms with van der Waals surface area (Å²) in [5, 5.41) is -1.02. The molecule has 0 saturated carbocycles. The van der Waals surface area contributed by atoms with Crippen LogP contribution in [0, 0.1) is 0 Å². The van der Waals surface area contributed by atoms with Crippen LogP contribution < -0.4 is 9.47 Å². The van der Waals surface area contributed by atoms with E-state index in [9.17, 15) is 13.2 Å². The van der Waals surface area contributed by atoms with Gasteiger partial charge in [-0.2, -0.15) is 0 Å². The minimum absolute atomic E-state index is 0.00588. The van der Waals surface area contributed by atoms with E-state index in [1.807, 2.05) is 13.8 Å². The quantitative estimate of drug-likeness (QED) is 0.426. The first kappa shape index (κ1) is 22.6. The first-order valence-electron chi connectivity index (χ1n) is 10.0. The molecule has 31 heavy (non-hydrogen) atoms. The topological polar surface area (TPSA) is 69.7 Å². The standard InChI is InChI=1S/C25H26O5S/c1-18(2)30-22-15-11-20(12-16-22)25(31(27,28)23-7-5-4-6-8-23)17-24(26)19-9-13-21(29-3)14-10-19/h4-16,18,25H,17H2,1-3H3. The van der Waals surface area contributed by atoms with Crippen molar-refractivity contribution in [2.45, 2.75) is 36.5 Å². The van der Waals surface area contributed by atoms with Crippen molar-refractivity contribution in [1.29, 1.82) is 0 Å². The highest BCUT2D eigenvalue weighted by atomic mass is 32.2. The van der Waals surface area contributed by atoms with Crippen LogP contribution in [0.5, 0.6) is 11.5 Å². The molecule has 1 unspecified atom stereocenters. The fourth-order valence-corrected chi connectivity index (χ4v) is 5.03. The molecule has 0 heterocycles. The van der Waals surface area contributed by atoms with Crippen molar-refractivity contribution in [2.75, 3.05) is 7.11 Å². The van der Waals surface area contributed by atoms with Gasteiger partial charge in [0.15, 0.2) is 15.6 Å². The van der Waals surface area contributed by atoms with E-state index in [1.165, 1.54) is 0 Å². The minimum atomic E-state index is -3.79. The fourth-order valence-electron chi connectivity index (χ4n) is 3.28. The lowest BCUT2D eigenvalue weighted by Gasteiger charge is -2.19. The second-order valence-corrected chi connectivity index (χ2v) is 9.57. The molecule has 0 aromatic heterocycles. The molecule has 3 aromatic rings. The highest BCUT2D eigenvalue weighted by molar-refractivity contribution is 7.91. The van der Waals surface area contributed by atoms with Gasteiger partial charge < -0.3 is 9.47 Å². The van der Waals surface area contributed by atoms with Gasteiger partial charge in [-0.05, 0) is 67.9 Å². The van der Waals surface area contributed by atoms with Crippen molar-refractivity contribution in [1.82, 2.24) is 0 Å². The number of benzene rings is 3. The average molecular weight is 439 g/mol. The van der Waals surface area contributed by atoms with Crippen molar-refractivity contribution in [2.24, 2.45) is 0 Å². The zero-order chi connectivity index (χ0) is 22.4. The molecule has 162 valence electrons. The summed E-state index contributed by atoms with van der Waals surface area (Å²) >= 11 is 0. The SMILES string of the molecule is COc1ccc(C(=O)CC(c2ccc(OC(C)C)cc2)S(=O)(=O)c2ccccc2)cc1. The lowest BCUT2D eigenvalue weighted by atomic mass is 10.0. The van der Waals surface area contributed by atoms with E-state index >= 15 is 0 Å². The van der Waals surface area contributed by atoms with Crippen LogP contribution in [0.1, 0.15) is 41.4 Å². The number of hydrogen-bond donors (Lipinski definition) is 0. The third-order valence-electron chi connectivity index (χ3n) is 4.85. The number of carbonyl (C=O) groups excluding carboxylic acids is 1. The molecule has 0 fully saturated rings. The molecule has 3 rings (SSSR count). The second kappa shape index (κ2) is 9.79. The zero-order valence-electron chi connectivity index (χ0n) is 17.8. The van der Waals surface area contributed by atoms with Crippen molar-refractivity contribution >= 4 is 15.6 Å². The van der Waals surface area contributed by atoms with Gasteiger partial charge >= 0.3 is 0 Å². The van der Waals surface area contributed by atoms with Gasteiger partial charge in [0, 0.05) is 12.0 Å². The first-order valence-corrected chi connectivity index (χ1v) is 11.6. The van der Waals surface area contributed by atoms with Crippen LogP contribution in [0.15, 0.2) is 83.8 Å². The fraction of sp³-hybridized carbons (Fsp3) is 0.240. The Kier molecular flexibility index (Phi) is 7.13. The van der Waals surface area contributed by atoms with Gasteiger partial charge in [-0.25, -0.2) is 8.42 Å². The number of sulfone groups is 1. The molecule has 0 aliphatic carbocycles. The molecule has 0 saturated heterocycles. The maximum absolute atomic E-state index is 13.5. The van der Waals surface area contributed by atoms with Crippen LogP contribution in [-0.2, 0) is 9.84 Å². The molecule has 0 spiro atoms. The number of carbonyl (C=O) groups is 1. The van der Waals surface area contributed by atoms with E-state index in [2.05, 4.69) is 0 Å². The van der Waals surface area contributed by atoms with Crippen molar-refractivity contribution in [3.05, 3.63) is 90.0 Å². The Balaban J connectivity index is 1.96. The number of Topliss-reactive ketones (excluding diaryl/α,β-unsaturated/α-hetero) is 1. The van der Waals surface area contributed by atoms with Crippen LogP contribution in [0.3, 0.4) is 0 Å². The third-order valence-corrected chi connectivity index (χ3v) is 6.97. The Morgan fingerprint density at radius 2 is 1.42 bits per heavy atom. The molecular formula is C25H26O5S. The molecule has 0 radical (unpaired) electrons. The highest BCUT2D eigenvalue weighted by Gasteiger charge is 2.31. The van der Waals surface area contributed by atoms with Gasteiger partial charge in [0.05, 0.1) is 23.4 Å². The van der Waals surface area contributed by atoms with Gasteiger partial charge in [0.25, 0.3) is 0 Å². The lowest BCUT2D eigenvalue weighted by Crippen LogP contribution is -2.18. The van der Waals surface area contributed by atoms with Gasteiger partial charge in [-0.15, -0.1) is 0 Å². The number of ether oxygens (including phenoxy) is 2. The average Bonchev–Trinajstić information content (AvgIpc) is 2.78. The molecule has 0 N–H and O–H groups in total. The van der Waals surface area contributed by atoms with Crippen LogP contribution in [-0.4, -0.2) is 27.4 Å². The maximum atomic E-state index is 13.5. The largest absolute Gasteiger partial charge is 0.497 e. The Labute approximate surface area is 183 Å². The molecule has 6 heteroatoms. The van der Waals surface area contributed by atoms with E-state index in [0.29, 0.717) is 22.6 Å². The van der Waals surface area contributed by atoms with E-state index < -0.39 is 15.1 Å². The number of rotatable bonds is 9. The molecule has 0 amide bonds. The molecule has 0 aliphatic rings. The Bertz CT molecular complexity index is 1100. The summed E-state index contributed by atoms with van der Waals surface area (Å²) in [6.45, 7) is 3.84. The first-order chi connectivity index (χ1) is 14.8. The summed E-state index contributed by atoms with van der Waals surface area (Å²) in [5.74, 6) is 1.02. The lowest BCUT2D eigenvalue weighted by molar-refractivity contribution is 0.0980. The molecule has 3 aromatic carbocycles. The van der Waals surface area contributed by atoms with Crippen LogP contribution in [0.25, 0.3) is 0 Å². The Hall–Kier alpha value is -3.12. The third kappa shape index (κ3) is 5.52. The normalized spacial score (nSPS) is 12.4. The summed E-state index contributed by atoms with van der Waals surface area (Å²) in [5.41, 5.74) is 0.982. The maximum Gasteiger partial charge on any atom is 0.185 e. The predicted octanol–water partition coefficient (Wildman–Crippen LogP) is 5.27. The molecule has 0 aliphatic heterocycles. The Morgan fingerprint density at radius 3 is 1.97 bits per heavy atom. The van der Waals surface area contributed by atoms with Crippen LogP contribution in [0.4, 0.5) is 0 Å². The van der Waals surface area contributed by atoms with Crippen molar-refractivity contribution in [3.63, 3.8) is 0 Å². The van der Waals surface area contributed by atoms with Gasteiger partial charge in [0.2, 0.25) is 0 Å². The van der Waals surface area contributed by atoms with Crippen LogP contribution in [0.2, 0.25) is 0 Å². The summed E-state index contributed by atoms with van der Waals surface area (Å²) < 4.78 is 37.7. The molecule has 0 bridgehead atoms. The predicted molar refractivity (Wildman–Crippen MR) is 121 cm³/mol. The zero-order valence-corrected chi connectivity index (χ0v) is 18.6. The van der Waals surface area contributed by atoms with Gasteiger partial charge in [0.1, 0.15) is 11.5 Å². The second-order valence-electron chi connectivity index (χ2n) is 7.44. The number of hydrogen-bond acceptors (Lipinski definition) is 5. The van der Waals surface area contributed by atoms with Crippen molar-refractivity contribution < 1.29 is 22.7 Å². The molecular weight excluding hydrogens is 412 g/mol. The van der Waals surface area contributed by atoms with Crippen LogP contribution >= 0.6 is 0 Å². The summed E-state index contributed by atoms with van der Waals surface area (Å²) in [7, 11) is -2.24. The highest BCUT2D eigenvalue weighted by Crippen LogP contribution is 2.34. The summed E-state index contributed by atoms with van der Waals surface area (Å²) in [6, 6.07) is 21.8. The van der Waals surface area contributed by atoms with Crippen molar-refractivity contribution in [3.8, 4) is 11.5 Å². The van der Waals surface area contributed by atoms with Gasteiger partial charge in [-0.1, -0.05) is 30.3 Å². The smallest absolute Gasteiger partial charge is 0.185 e. The molecule has 1 atom stereocenters. The Morgan fingerprint density at radius 1 is 0.839 bits per heavy atom. The number of methoxy groups -OCH3 is 1. The minimum Gasteiger partial charge on any atom is -0.497 e. The van der Waals surface area contributed by atoms with E-state index in [1.54, 1.807) is 86.0 Å². The monoisotopic (exact) mass is 438 g/mol. The van der Waals surface area contributed by atoms with E-state index in [-0.39, 0.29) is 23.2 Å². The summed E-state index contributed by atoms with van der Waals surface area (Å²) in [4.78, 5) is 13.2. The van der Waals surface area contributed by atoms with Gasteiger partial charge in [-0.3, -0.25) is 4.79 Å². The van der Waals surface area contributed by atoms with E-state index in [0.717, 1.165) is 0 Å².